The van der Waals surface area contributed by atoms with Crippen molar-refractivity contribution in [2.75, 3.05) is 31.1 Å². The number of aromatic nitrogens is 5. The molecular weight excluding hydrogens is 484 g/mol. The Labute approximate surface area is 220 Å². The second-order valence-electron chi connectivity index (χ2n) is 10.9. The van der Waals surface area contributed by atoms with Crippen LogP contribution in [0.5, 0.6) is 0 Å². The van der Waals surface area contributed by atoms with Crippen LogP contribution in [-0.4, -0.2) is 61.2 Å². The zero-order valence-corrected chi connectivity index (χ0v) is 22.3. The first kappa shape index (κ1) is 25.5. The van der Waals surface area contributed by atoms with Crippen LogP contribution in [0.15, 0.2) is 47.3 Å². The van der Waals surface area contributed by atoms with Gasteiger partial charge in [0.15, 0.2) is 5.82 Å². The van der Waals surface area contributed by atoms with Gasteiger partial charge in [-0.05, 0) is 91.9 Å². The fourth-order valence-corrected chi connectivity index (χ4v) is 5.06. The van der Waals surface area contributed by atoms with Crippen molar-refractivity contribution in [1.29, 1.82) is 0 Å². The third-order valence-electron chi connectivity index (χ3n) is 7.26. The molecule has 5 rings (SSSR count). The lowest BCUT2D eigenvalue weighted by molar-refractivity contribution is -0.384. The summed E-state index contributed by atoms with van der Waals surface area (Å²) in [5.74, 6) is 0.620. The lowest BCUT2D eigenvalue weighted by atomic mass is 9.99. The summed E-state index contributed by atoms with van der Waals surface area (Å²) in [6.07, 6.45) is 0. The smallest absolute Gasteiger partial charge is 0.269 e. The standard InChI is InChI=1S/C27H32N8O3/c1-17-14-19-16-22(26(36)28-23(19)15-18(17)2)24(25-29-30-31-34(25)27(3,4)5)33-12-10-32(11-13-33)20-6-8-21(9-7-20)35(37)38/h6-9,14-16,24H,10-13H2,1-5H3,(H,28,36)/t24-/m1/s1. The maximum Gasteiger partial charge on any atom is 0.269 e. The van der Waals surface area contributed by atoms with Gasteiger partial charge in [0.05, 0.1) is 10.5 Å². The topological polar surface area (TPSA) is 126 Å². The van der Waals surface area contributed by atoms with E-state index in [4.69, 9.17) is 0 Å². The average Bonchev–Trinajstić information content (AvgIpc) is 3.37. The highest BCUT2D eigenvalue weighted by atomic mass is 16.6. The number of nitro groups is 1. The third-order valence-corrected chi connectivity index (χ3v) is 7.26. The molecule has 1 atom stereocenters. The molecule has 1 aliphatic rings. The number of anilines is 1. The SMILES string of the molecule is Cc1cc2cc([C@H](c3nnnn3C(C)(C)C)N3CCN(c4ccc([N+](=O)[O-])cc4)CC3)c(=O)[nH]c2cc1C. The van der Waals surface area contributed by atoms with E-state index in [0.29, 0.717) is 37.6 Å². The number of aryl methyl sites for hydroxylation is 2. The van der Waals surface area contributed by atoms with Gasteiger partial charge in [-0.1, -0.05) is 0 Å². The Morgan fingerprint density at radius 2 is 1.66 bits per heavy atom. The summed E-state index contributed by atoms with van der Waals surface area (Å²) >= 11 is 0. The number of tetrazole rings is 1. The van der Waals surface area contributed by atoms with E-state index < -0.39 is 11.0 Å². The summed E-state index contributed by atoms with van der Waals surface area (Å²) in [4.78, 5) is 31.7. The minimum atomic E-state index is -0.446. The minimum Gasteiger partial charge on any atom is -0.369 e. The maximum absolute atomic E-state index is 13.5. The molecular formula is C27H32N8O3. The molecule has 0 radical (unpaired) electrons. The molecule has 1 N–H and O–H groups in total. The van der Waals surface area contributed by atoms with E-state index in [-0.39, 0.29) is 16.8 Å². The summed E-state index contributed by atoms with van der Waals surface area (Å²) < 4.78 is 1.80. The predicted molar refractivity (Wildman–Crippen MR) is 146 cm³/mol. The molecule has 0 unspecified atom stereocenters. The molecule has 0 saturated carbocycles. The van der Waals surface area contributed by atoms with E-state index in [9.17, 15) is 14.9 Å². The zero-order valence-electron chi connectivity index (χ0n) is 22.3. The number of nitro benzene ring substituents is 1. The largest absolute Gasteiger partial charge is 0.369 e. The molecule has 1 fully saturated rings. The van der Waals surface area contributed by atoms with Crippen LogP contribution in [0.3, 0.4) is 0 Å². The van der Waals surface area contributed by atoms with E-state index in [0.717, 1.165) is 27.7 Å². The van der Waals surface area contributed by atoms with Crippen molar-refractivity contribution < 1.29 is 4.92 Å². The molecule has 3 heterocycles. The molecule has 0 spiro atoms. The Hall–Kier alpha value is -4.12. The fourth-order valence-electron chi connectivity index (χ4n) is 5.06. The summed E-state index contributed by atoms with van der Waals surface area (Å²) in [6.45, 7) is 12.9. The van der Waals surface area contributed by atoms with Crippen molar-refractivity contribution in [1.82, 2.24) is 30.1 Å². The van der Waals surface area contributed by atoms with Crippen molar-refractivity contribution in [3.63, 3.8) is 0 Å². The third kappa shape index (κ3) is 4.76. The summed E-state index contributed by atoms with van der Waals surface area (Å²) in [5, 5.41) is 24.7. The number of pyridine rings is 1. The second kappa shape index (κ2) is 9.64. The molecule has 1 saturated heterocycles. The van der Waals surface area contributed by atoms with E-state index in [1.807, 2.05) is 39.8 Å². The van der Waals surface area contributed by atoms with Gasteiger partial charge in [-0.2, -0.15) is 0 Å². The van der Waals surface area contributed by atoms with Crippen LogP contribution in [0.1, 0.15) is 49.3 Å². The number of rotatable bonds is 5. The van der Waals surface area contributed by atoms with Crippen LogP contribution >= 0.6 is 0 Å². The van der Waals surface area contributed by atoms with Gasteiger partial charge >= 0.3 is 0 Å². The molecule has 38 heavy (non-hydrogen) atoms. The van der Waals surface area contributed by atoms with Crippen molar-refractivity contribution in [3.8, 4) is 0 Å². The molecule has 2 aromatic carbocycles. The average molecular weight is 517 g/mol. The quantitative estimate of drug-likeness (QED) is 0.314. The number of hydrogen-bond donors (Lipinski definition) is 1. The molecule has 11 nitrogen and oxygen atoms in total. The van der Waals surface area contributed by atoms with Crippen LogP contribution in [-0.2, 0) is 5.54 Å². The molecule has 0 amide bonds. The number of piperazine rings is 1. The normalized spacial score (nSPS) is 15.7. The number of H-pyrrole nitrogens is 1. The van der Waals surface area contributed by atoms with Gasteiger partial charge in [0.1, 0.15) is 6.04 Å². The molecule has 4 aromatic rings. The Balaban J connectivity index is 1.53. The summed E-state index contributed by atoms with van der Waals surface area (Å²) in [6, 6.07) is 12.2. The van der Waals surface area contributed by atoms with Gasteiger partial charge in [-0.15, -0.1) is 5.10 Å². The van der Waals surface area contributed by atoms with E-state index in [1.54, 1.807) is 16.8 Å². The minimum absolute atomic E-state index is 0.0717. The molecule has 2 aromatic heterocycles. The number of hydrogen-bond acceptors (Lipinski definition) is 8. The Bertz CT molecular complexity index is 1540. The first-order valence-electron chi connectivity index (χ1n) is 12.7. The number of aromatic amines is 1. The first-order chi connectivity index (χ1) is 18.0. The Morgan fingerprint density at radius 3 is 2.29 bits per heavy atom. The number of benzene rings is 2. The van der Waals surface area contributed by atoms with Gasteiger partial charge in [-0.25, -0.2) is 4.68 Å². The van der Waals surface area contributed by atoms with Crippen LogP contribution in [0, 0.1) is 24.0 Å². The van der Waals surface area contributed by atoms with E-state index in [2.05, 4.69) is 43.3 Å². The first-order valence-corrected chi connectivity index (χ1v) is 12.7. The monoisotopic (exact) mass is 516 g/mol. The van der Waals surface area contributed by atoms with Gasteiger partial charge in [0, 0.05) is 55.1 Å². The van der Waals surface area contributed by atoms with Gasteiger partial charge in [0.25, 0.3) is 11.2 Å². The number of non-ortho nitro benzene ring substituents is 1. The maximum atomic E-state index is 13.5. The number of nitrogens with one attached hydrogen (secondary N) is 1. The second-order valence-corrected chi connectivity index (χ2v) is 10.9. The van der Waals surface area contributed by atoms with Crippen molar-refractivity contribution in [2.45, 2.75) is 46.2 Å². The van der Waals surface area contributed by atoms with Crippen molar-refractivity contribution in [2.24, 2.45) is 0 Å². The number of fused-ring (bicyclic) bond motifs is 1. The highest BCUT2D eigenvalue weighted by Gasteiger charge is 2.35. The molecule has 11 heteroatoms. The molecule has 1 aliphatic heterocycles. The van der Waals surface area contributed by atoms with Crippen LogP contribution < -0.4 is 10.5 Å². The van der Waals surface area contributed by atoms with Gasteiger partial charge in [-0.3, -0.25) is 19.8 Å². The Kier molecular flexibility index (Phi) is 6.47. The van der Waals surface area contributed by atoms with E-state index in [1.165, 1.54) is 12.1 Å². The van der Waals surface area contributed by atoms with E-state index >= 15 is 0 Å². The molecule has 0 bridgehead atoms. The van der Waals surface area contributed by atoms with Crippen LogP contribution in [0.2, 0.25) is 0 Å². The van der Waals surface area contributed by atoms with Gasteiger partial charge in [0.2, 0.25) is 0 Å². The highest BCUT2D eigenvalue weighted by molar-refractivity contribution is 5.81. The lowest BCUT2D eigenvalue weighted by Gasteiger charge is -2.40. The van der Waals surface area contributed by atoms with Gasteiger partial charge < -0.3 is 9.88 Å². The summed E-state index contributed by atoms with van der Waals surface area (Å²) in [5.41, 5.74) is 4.15. The highest BCUT2D eigenvalue weighted by Crippen LogP contribution is 2.31. The van der Waals surface area contributed by atoms with Crippen molar-refractivity contribution in [3.05, 3.63) is 85.4 Å². The molecule has 198 valence electrons. The Morgan fingerprint density at radius 1 is 1.00 bits per heavy atom. The molecule has 0 aliphatic carbocycles. The number of nitrogens with zero attached hydrogens (tertiary/aromatic N) is 7. The van der Waals surface area contributed by atoms with Crippen LogP contribution in [0.25, 0.3) is 10.9 Å². The predicted octanol–water partition coefficient (Wildman–Crippen LogP) is 3.71. The fraction of sp³-hybridized carbons (Fsp3) is 0.407. The van der Waals surface area contributed by atoms with Crippen molar-refractivity contribution >= 4 is 22.3 Å². The lowest BCUT2D eigenvalue weighted by Crippen LogP contribution is -2.49. The summed E-state index contributed by atoms with van der Waals surface area (Å²) in [7, 11) is 0. The zero-order chi connectivity index (χ0) is 27.2. The van der Waals surface area contributed by atoms with Crippen LogP contribution in [0.4, 0.5) is 11.4 Å².